The lowest BCUT2D eigenvalue weighted by atomic mass is 10.2. The molecule has 0 saturated heterocycles. The molecule has 2 aromatic rings. The van der Waals surface area contributed by atoms with Crippen LogP contribution in [0.15, 0.2) is 29.2 Å². The summed E-state index contributed by atoms with van der Waals surface area (Å²) < 4.78 is 0. The van der Waals surface area contributed by atoms with Crippen LogP contribution in [0.3, 0.4) is 0 Å². The van der Waals surface area contributed by atoms with Gasteiger partial charge in [0.25, 0.3) is 0 Å². The van der Waals surface area contributed by atoms with Crippen molar-refractivity contribution in [2.24, 2.45) is 0 Å². The van der Waals surface area contributed by atoms with Crippen molar-refractivity contribution in [2.45, 2.75) is 30.9 Å². The molecule has 1 heterocycles. The van der Waals surface area contributed by atoms with Gasteiger partial charge in [0.05, 0.1) is 5.01 Å². The number of hydrogen-bond acceptors (Lipinski definition) is 4. The third-order valence-electron chi connectivity index (χ3n) is 2.26. The fraction of sp³-hybridized carbons (Fsp3) is 0.308. The largest absolute Gasteiger partial charge is 0.389 e. The number of nitrogens with zero attached hydrogens (tertiary/aromatic N) is 1. The molecule has 0 unspecified atom stereocenters. The molecular weight excluding hydrogens is 248 g/mol. The van der Waals surface area contributed by atoms with E-state index in [1.165, 1.54) is 4.90 Å². The zero-order valence-electron chi connectivity index (χ0n) is 10.2. The number of anilines is 1. The van der Waals surface area contributed by atoms with Crippen LogP contribution < -0.4 is 5.73 Å². The first-order valence-corrected chi connectivity index (χ1v) is 7.26. The number of aryl methyl sites for hydroxylation is 1. The predicted molar refractivity (Wildman–Crippen MR) is 77.7 cm³/mol. The Morgan fingerprint density at radius 3 is 2.35 bits per heavy atom. The summed E-state index contributed by atoms with van der Waals surface area (Å²) in [6, 6.07) is 8.45. The van der Waals surface area contributed by atoms with Crippen molar-refractivity contribution in [3.05, 3.63) is 29.3 Å². The monoisotopic (exact) mass is 264 g/mol. The number of rotatable bonds is 3. The van der Waals surface area contributed by atoms with E-state index in [1.54, 1.807) is 11.3 Å². The first kappa shape index (κ1) is 12.5. The first-order valence-electron chi connectivity index (χ1n) is 5.56. The number of aromatic nitrogens is 1. The van der Waals surface area contributed by atoms with Crippen LogP contribution in [0.4, 0.5) is 5.00 Å². The molecule has 17 heavy (non-hydrogen) atoms. The van der Waals surface area contributed by atoms with Gasteiger partial charge in [0.15, 0.2) is 0 Å². The van der Waals surface area contributed by atoms with Crippen LogP contribution in [0.2, 0.25) is 0 Å². The highest BCUT2D eigenvalue weighted by Crippen LogP contribution is 2.32. The van der Waals surface area contributed by atoms with Gasteiger partial charge in [-0.1, -0.05) is 26.0 Å². The molecule has 4 heteroatoms. The van der Waals surface area contributed by atoms with Crippen LogP contribution in [0.5, 0.6) is 0 Å². The summed E-state index contributed by atoms with van der Waals surface area (Å²) in [6.45, 7) is 6.37. The van der Waals surface area contributed by atoms with Gasteiger partial charge in [-0.05, 0) is 19.1 Å². The molecule has 0 aliphatic heterocycles. The number of thioether (sulfide) groups is 1. The molecule has 0 radical (unpaired) electrons. The summed E-state index contributed by atoms with van der Waals surface area (Å²) in [7, 11) is 0. The van der Waals surface area contributed by atoms with Crippen molar-refractivity contribution in [3.8, 4) is 11.3 Å². The Labute approximate surface area is 110 Å². The molecule has 0 aliphatic carbocycles. The Morgan fingerprint density at radius 2 is 1.88 bits per heavy atom. The summed E-state index contributed by atoms with van der Waals surface area (Å²) >= 11 is 3.40. The third-order valence-corrected chi connectivity index (χ3v) is 4.08. The van der Waals surface area contributed by atoms with Crippen LogP contribution in [-0.4, -0.2) is 10.2 Å². The second-order valence-corrected chi connectivity index (χ2v) is 7.02. The van der Waals surface area contributed by atoms with Crippen LogP contribution in [0, 0.1) is 6.92 Å². The average molecular weight is 264 g/mol. The topological polar surface area (TPSA) is 38.9 Å². The molecule has 0 atom stereocenters. The SMILES string of the molecule is Cc1nc(-c2ccc(SC(C)C)cc2)c(N)s1. The van der Waals surface area contributed by atoms with E-state index in [1.807, 2.05) is 18.7 Å². The highest BCUT2D eigenvalue weighted by Gasteiger charge is 2.08. The minimum atomic E-state index is 0.604. The number of benzene rings is 1. The fourth-order valence-electron chi connectivity index (χ4n) is 1.61. The number of thiazole rings is 1. The molecule has 90 valence electrons. The van der Waals surface area contributed by atoms with Gasteiger partial charge in [-0.25, -0.2) is 4.98 Å². The minimum absolute atomic E-state index is 0.604. The number of nitrogen functional groups attached to an aromatic ring is 1. The lowest BCUT2D eigenvalue weighted by molar-refractivity contribution is 1.11. The smallest absolute Gasteiger partial charge is 0.114 e. The highest BCUT2D eigenvalue weighted by molar-refractivity contribution is 7.99. The molecule has 0 fully saturated rings. The normalized spacial score (nSPS) is 11.1. The van der Waals surface area contributed by atoms with E-state index < -0.39 is 0 Å². The van der Waals surface area contributed by atoms with Crippen LogP contribution >= 0.6 is 23.1 Å². The molecule has 0 spiro atoms. The van der Waals surface area contributed by atoms with Gasteiger partial charge in [0.2, 0.25) is 0 Å². The quantitative estimate of drug-likeness (QED) is 0.844. The van der Waals surface area contributed by atoms with Gasteiger partial charge in [-0.3, -0.25) is 0 Å². The van der Waals surface area contributed by atoms with Crippen LogP contribution in [0.1, 0.15) is 18.9 Å². The van der Waals surface area contributed by atoms with Crippen molar-refractivity contribution in [1.29, 1.82) is 0 Å². The maximum Gasteiger partial charge on any atom is 0.114 e. The lowest BCUT2D eigenvalue weighted by Crippen LogP contribution is -1.88. The predicted octanol–water partition coefficient (Wildman–Crippen LogP) is 4.20. The summed E-state index contributed by atoms with van der Waals surface area (Å²) in [5.74, 6) is 0. The van der Waals surface area contributed by atoms with Gasteiger partial charge in [0, 0.05) is 15.7 Å². The van der Waals surface area contributed by atoms with E-state index in [-0.39, 0.29) is 0 Å². The van der Waals surface area contributed by atoms with E-state index in [9.17, 15) is 0 Å². The Morgan fingerprint density at radius 1 is 1.24 bits per heavy atom. The van der Waals surface area contributed by atoms with Crippen molar-refractivity contribution in [3.63, 3.8) is 0 Å². The summed E-state index contributed by atoms with van der Waals surface area (Å²) in [6.07, 6.45) is 0. The van der Waals surface area contributed by atoms with Gasteiger partial charge in [0.1, 0.15) is 10.7 Å². The maximum atomic E-state index is 5.94. The Bertz CT molecular complexity index is 501. The summed E-state index contributed by atoms with van der Waals surface area (Å²) in [5.41, 5.74) is 7.95. The molecule has 0 saturated carbocycles. The molecular formula is C13H16N2S2. The first-order chi connectivity index (χ1) is 8.06. The van der Waals surface area contributed by atoms with Crippen molar-refractivity contribution in [1.82, 2.24) is 4.98 Å². The number of nitrogens with two attached hydrogens (primary N) is 1. The molecule has 1 aromatic carbocycles. The Hall–Kier alpha value is -1.00. The molecule has 1 aromatic heterocycles. The van der Waals surface area contributed by atoms with E-state index >= 15 is 0 Å². The van der Waals surface area contributed by atoms with Crippen molar-refractivity contribution in [2.75, 3.05) is 5.73 Å². The molecule has 0 bridgehead atoms. The standard InChI is InChI=1S/C13H16N2S2/c1-8(2)16-11-6-4-10(5-7-11)12-13(14)17-9(3)15-12/h4-8H,14H2,1-3H3. The van der Waals surface area contributed by atoms with Crippen LogP contribution in [-0.2, 0) is 0 Å². The molecule has 2 nitrogen and oxygen atoms in total. The highest BCUT2D eigenvalue weighted by atomic mass is 32.2. The Balaban J connectivity index is 2.26. The number of hydrogen-bond donors (Lipinski definition) is 1. The van der Waals surface area contributed by atoms with Gasteiger partial charge in [-0.2, -0.15) is 0 Å². The van der Waals surface area contributed by atoms with Crippen LogP contribution in [0.25, 0.3) is 11.3 Å². The maximum absolute atomic E-state index is 5.94. The van der Waals surface area contributed by atoms with E-state index in [4.69, 9.17) is 5.73 Å². The zero-order chi connectivity index (χ0) is 12.4. The van der Waals surface area contributed by atoms with Crippen molar-refractivity contribution < 1.29 is 0 Å². The molecule has 0 amide bonds. The second kappa shape index (κ2) is 5.10. The average Bonchev–Trinajstić information content (AvgIpc) is 2.58. The molecule has 0 aliphatic rings. The molecule has 2 N–H and O–H groups in total. The van der Waals surface area contributed by atoms with E-state index in [0.717, 1.165) is 21.3 Å². The Kier molecular flexibility index (Phi) is 3.74. The van der Waals surface area contributed by atoms with Gasteiger partial charge < -0.3 is 5.73 Å². The van der Waals surface area contributed by atoms with Crippen molar-refractivity contribution >= 4 is 28.1 Å². The minimum Gasteiger partial charge on any atom is -0.389 e. The molecule has 2 rings (SSSR count). The third kappa shape index (κ3) is 3.01. The fourth-order valence-corrected chi connectivity index (χ4v) is 3.17. The van der Waals surface area contributed by atoms with E-state index in [0.29, 0.717) is 5.25 Å². The lowest BCUT2D eigenvalue weighted by Gasteiger charge is -2.05. The second-order valence-electron chi connectivity index (χ2n) is 4.14. The van der Waals surface area contributed by atoms with Gasteiger partial charge in [-0.15, -0.1) is 23.1 Å². The van der Waals surface area contributed by atoms with E-state index in [2.05, 4.69) is 43.1 Å². The summed E-state index contributed by atoms with van der Waals surface area (Å²) in [5, 5.41) is 2.41. The summed E-state index contributed by atoms with van der Waals surface area (Å²) in [4.78, 5) is 5.74. The zero-order valence-corrected chi connectivity index (χ0v) is 11.9. The van der Waals surface area contributed by atoms with Gasteiger partial charge >= 0.3 is 0 Å².